The minimum absolute atomic E-state index is 0.0157. The van der Waals surface area contributed by atoms with Crippen molar-refractivity contribution in [3.8, 4) is 5.75 Å². The van der Waals surface area contributed by atoms with E-state index in [4.69, 9.17) is 0 Å². The van der Waals surface area contributed by atoms with Crippen LogP contribution in [0.1, 0.15) is 36.0 Å². The van der Waals surface area contributed by atoms with E-state index < -0.39 is 0 Å². The van der Waals surface area contributed by atoms with E-state index >= 15 is 0 Å². The molecule has 3 heterocycles. The van der Waals surface area contributed by atoms with E-state index in [2.05, 4.69) is 10.3 Å². The first-order valence-corrected chi connectivity index (χ1v) is 7.33. The fourth-order valence-corrected chi connectivity index (χ4v) is 3.49. The molecule has 1 aromatic heterocycles. The maximum absolute atomic E-state index is 12.5. The van der Waals surface area contributed by atoms with Crippen molar-refractivity contribution in [1.82, 2.24) is 15.2 Å². The van der Waals surface area contributed by atoms with Crippen LogP contribution in [0.2, 0.25) is 0 Å². The predicted molar refractivity (Wildman–Crippen MR) is 75.6 cm³/mol. The van der Waals surface area contributed by atoms with Gasteiger partial charge in [0.1, 0.15) is 5.75 Å². The number of hydrogen-bond donors (Lipinski definition) is 2. The van der Waals surface area contributed by atoms with Crippen molar-refractivity contribution in [3.63, 3.8) is 0 Å². The summed E-state index contributed by atoms with van der Waals surface area (Å²) >= 11 is 0. The Morgan fingerprint density at radius 2 is 2.20 bits per heavy atom. The Balaban J connectivity index is 1.74. The maximum Gasteiger partial charge on any atom is 0.255 e. The molecule has 0 bridgehead atoms. The summed E-state index contributed by atoms with van der Waals surface area (Å²) in [6.45, 7) is 3.71. The molecular weight excluding hydrogens is 254 g/mol. The van der Waals surface area contributed by atoms with Crippen LogP contribution in [0.5, 0.6) is 5.75 Å². The Morgan fingerprint density at radius 1 is 1.35 bits per heavy atom. The van der Waals surface area contributed by atoms with Crippen LogP contribution in [0.3, 0.4) is 0 Å². The summed E-state index contributed by atoms with van der Waals surface area (Å²) in [5, 5.41) is 12.9. The van der Waals surface area contributed by atoms with Gasteiger partial charge in [-0.2, -0.15) is 0 Å². The monoisotopic (exact) mass is 275 g/mol. The number of aromatic nitrogens is 1. The number of hydrogen-bond acceptors (Lipinski definition) is 4. The Bertz CT molecular complexity index is 492. The van der Waals surface area contributed by atoms with Gasteiger partial charge in [0.15, 0.2) is 0 Å². The Morgan fingerprint density at radius 3 is 2.95 bits per heavy atom. The largest absolute Gasteiger partial charge is 0.506 e. The fourth-order valence-electron chi connectivity index (χ4n) is 3.49. The second-order valence-electron chi connectivity index (χ2n) is 6.04. The highest BCUT2D eigenvalue weighted by atomic mass is 16.3. The van der Waals surface area contributed by atoms with Gasteiger partial charge >= 0.3 is 0 Å². The molecule has 2 saturated heterocycles. The number of nitrogens with zero attached hydrogens (tertiary/aromatic N) is 2. The summed E-state index contributed by atoms with van der Waals surface area (Å²) in [7, 11) is 0. The number of pyridine rings is 1. The molecule has 0 aromatic carbocycles. The third-order valence-electron chi connectivity index (χ3n) is 4.48. The molecule has 1 amide bonds. The van der Waals surface area contributed by atoms with Gasteiger partial charge in [-0.1, -0.05) is 0 Å². The summed E-state index contributed by atoms with van der Waals surface area (Å²) in [5.74, 6) is 0.0277. The van der Waals surface area contributed by atoms with Gasteiger partial charge in [-0.25, -0.2) is 0 Å². The molecule has 108 valence electrons. The Labute approximate surface area is 119 Å². The van der Waals surface area contributed by atoms with Crippen LogP contribution < -0.4 is 5.32 Å². The second kappa shape index (κ2) is 5.40. The predicted octanol–water partition coefficient (Wildman–Crippen LogP) is 1.39. The van der Waals surface area contributed by atoms with Crippen LogP contribution in [-0.4, -0.2) is 47.1 Å². The third kappa shape index (κ3) is 2.63. The molecule has 0 aliphatic carbocycles. The highest BCUT2D eigenvalue weighted by Gasteiger charge is 2.38. The maximum atomic E-state index is 12.5. The fraction of sp³-hybridized carbons (Fsp3) is 0.600. The van der Waals surface area contributed by atoms with Crippen molar-refractivity contribution in [1.29, 1.82) is 0 Å². The highest BCUT2D eigenvalue weighted by molar-refractivity contribution is 5.94. The van der Waals surface area contributed by atoms with Crippen LogP contribution in [0.25, 0.3) is 0 Å². The number of carbonyl (C=O) groups is 1. The zero-order chi connectivity index (χ0) is 14.0. The molecule has 20 heavy (non-hydrogen) atoms. The molecule has 1 atom stereocenters. The van der Waals surface area contributed by atoms with Gasteiger partial charge < -0.3 is 15.3 Å². The summed E-state index contributed by atoms with van der Waals surface area (Å²) < 4.78 is 0. The molecule has 3 rings (SSSR count). The standard InChI is InChI=1S/C15H21N3O2/c19-13-7-12(8-17-9-13)14(20)18-6-2-4-15(11-18)3-1-5-16-10-15/h7-9,16,19H,1-6,10-11H2. The molecule has 2 fully saturated rings. The third-order valence-corrected chi connectivity index (χ3v) is 4.48. The quantitative estimate of drug-likeness (QED) is 0.813. The lowest BCUT2D eigenvalue weighted by Gasteiger charge is -2.45. The second-order valence-corrected chi connectivity index (χ2v) is 6.04. The summed E-state index contributed by atoms with van der Waals surface area (Å²) in [5.41, 5.74) is 0.724. The van der Waals surface area contributed by atoms with Gasteiger partial charge in [0.25, 0.3) is 5.91 Å². The summed E-state index contributed by atoms with van der Waals surface area (Å²) in [4.78, 5) is 18.4. The van der Waals surface area contributed by atoms with Crippen LogP contribution in [0.4, 0.5) is 0 Å². The van der Waals surface area contributed by atoms with E-state index in [1.807, 2.05) is 4.90 Å². The molecular formula is C15H21N3O2. The Kier molecular flexibility index (Phi) is 3.61. The first-order chi connectivity index (χ1) is 9.69. The molecule has 0 radical (unpaired) electrons. The smallest absolute Gasteiger partial charge is 0.255 e. The zero-order valence-electron chi connectivity index (χ0n) is 11.6. The molecule has 2 N–H and O–H groups in total. The SMILES string of the molecule is O=C(c1cncc(O)c1)N1CCCC2(CCCNC2)C1. The molecule has 1 unspecified atom stereocenters. The lowest BCUT2D eigenvalue weighted by Crippen LogP contribution is -2.52. The first kappa shape index (κ1) is 13.4. The first-order valence-electron chi connectivity index (χ1n) is 7.33. The minimum atomic E-state index is -0.0157. The van der Waals surface area contributed by atoms with Crippen molar-refractivity contribution in [2.45, 2.75) is 25.7 Å². The molecule has 2 aliphatic heterocycles. The van der Waals surface area contributed by atoms with Gasteiger partial charge in [0.2, 0.25) is 0 Å². The van der Waals surface area contributed by atoms with Crippen LogP contribution in [0.15, 0.2) is 18.5 Å². The van der Waals surface area contributed by atoms with Crippen LogP contribution in [-0.2, 0) is 0 Å². The lowest BCUT2D eigenvalue weighted by molar-refractivity contribution is 0.0433. The number of likely N-dealkylation sites (tertiary alicyclic amines) is 1. The summed E-state index contributed by atoms with van der Waals surface area (Å²) in [6.07, 6.45) is 7.52. The average molecular weight is 275 g/mol. The van der Waals surface area contributed by atoms with Crippen LogP contribution >= 0.6 is 0 Å². The normalized spacial score (nSPS) is 26.7. The lowest BCUT2D eigenvalue weighted by atomic mass is 9.74. The van der Waals surface area contributed by atoms with E-state index in [0.717, 1.165) is 32.6 Å². The molecule has 2 aliphatic rings. The van der Waals surface area contributed by atoms with Gasteiger partial charge in [0.05, 0.1) is 11.8 Å². The Hall–Kier alpha value is -1.62. The molecule has 0 saturated carbocycles. The highest BCUT2D eigenvalue weighted by Crippen LogP contribution is 2.36. The zero-order valence-corrected chi connectivity index (χ0v) is 11.6. The van der Waals surface area contributed by atoms with Crippen LogP contribution in [0, 0.1) is 5.41 Å². The number of piperidine rings is 2. The number of nitrogens with one attached hydrogen (secondary N) is 1. The number of rotatable bonds is 1. The van der Waals surface area contributed by atoms with Gasteiger partial charge in [0, 0.05) is 31.2 Å². The molecule has 5 heteroatoms. The van der Waals surface area contributed by atoms with Crippen molar-refractivity contribution in [2.24, 2.45) is 5.41 Å². The van der Waals surface area contributed by atoms with E-state index in [9.17, 15) is 9.90 Å². The van der Waals surface area contributed by atoms with E-state index in [1.165, 1.54) is 37.7 Å². The number of amides is 1. The molecule has 1 aromatic rings. The van der Waals surface area contributed by atoms with Gasteiger partial charge in [-0.15, -0.1) is 0 Å². The molecule has 1 spiro atoms. The van der Waals surface area contributed by atoms with Gasteiger partial charge in [-0.3, -0.25) is 9.78 Å². The topological polar surface area (TPSA) is 65.5 Å². The van der Waals surface area contributed by atoms with Crippen molar-refractivity contribution in [3.05, 3.63) is 24.0 Å². The van der Waals surface area contributed by atoms with Gasteiger partial charge in [-0.05, 0) is 38.3 Å². The number of carbonyl (C=O) groups excluding carboxylic acids is 1. The van der Waals surface area contributed by atoms with E-state index in [1.54, 1.807) is 0 Å². The van der Waals surface area contributed by atoms with Crippen molar-refractivity contribution in [2.75, 3.05) is 26.2 Å². The summed E-state index contributed by atoms with van der Waals surface area (Å²) in [6, 6.07) is 1.50. The minimum Gasteiger partial charge on any atom is -0.506 e. The van der Waals surface area contributed by atoms with Crippen molar-refractivity contribution >= 4 is 5.91 Å². The van der Waals surface area contributed by atoms with E-state index in [-0.39, 0.29) is 17.1 Å². The number of aromatic hydroxyl groups is 1. The molecule has 5 nitrogen and oxygen atoms in total. The van der Waals surface area contributed by atoms with E-state index in [0.29, 0.717) is 5.56 Å². The average Bonchev–Trinajstić information content (AvgIpc) is 2.47. The van der Waals surface area contributed by atoms with Crippen molar-refractivity contribution < 1.29 is 9.90 Å².